The summed E-state index contributed by atoms with van der Waals surface area (Å²) < 4.78 is 5.18. The Morgan fingerprint density at radius 1 is 1.46 bits per heavy atom. The van der Waals surface area contributed by atoms with Crippen LogP contribution >= 0.6 is 0 Å². The summed E-state index contributed by atoms with van der Waals surface area (Å²) in [6, 6.07) is -0.0544. The van der Waals surface area contributed by atoms with Crippen LogP contribution in [0.1, 0.15) is 26.7 Å². The molecule has 0 N–H and O–H groups in total. The van der Waals surface area contributed by atoms with E-state index in [1.54, 1.807) is 4.90 Å². The van der Waals surface area contributed by atoms with Gasteiger partial charge in [0.1, 0.15) is 11.4 Å². The number of piperidine rings is 1. The zero-order chi connectivity index (χ0) is 9.64. The van der Waals surface area contributed by atoms with Crippen molar-refractivity contribution < 1.29 is 14.3 Å². The number of ether oxygens (including phenoxy) is 1. The Kier molecular flexibility index (Phi) is 1.62. The topological polar surface area (TPSA) is 46.6 Å². The molecule has 1 atom stereocenters. The first kappa shape index (κ1) is 8.53. The Morgan fingerprint density at radius 3 is 2.85 bits per heavy atom. The van der Waals surface area contributed by atoms with Crippen LogP contribution in [0.2, 0.25) is 0 Å². The number of amides is 1. The first-order chi connectivity index (χ1) is 6.00. The van der Waals surface area contributed by atoms with Gasteiger partial charge in [-0.2, -0.15) is 0 Å². The number of fused-ring (bicyclic) bond motifs is 1. The quantitative estimate of drug-likeness (QED) is 0.561. The molecule has 2 fully saturated rings. The number of hydrogen-bond acceptors (Lipinski definition) is 3. The van der Waals surface area contributed by atoms with E-state index in [4.69, 9.17) is 4.74 Å². The highest BCUT2D eigenvalue weighted by Gasteiger charge is 2.49. The number of nitrogens with zero attached hydrogens (tertiary/aromatic N) is 1. The summed E-state index contributed by atoms with van der Waals surface area (Å²) in [5, 5.41) is 0. The van der Waals surface area contributed by atoms with Gasteiger partial charge < -0.3 is 9.64 Å². The van der Waals surface area contributed by atoms with E-state index in [1.165, 1.54) is 0 Å². The molecule has 2 rings (SSSR count). The van der Waals surface area contributed by atoms with Crippen molar-refractivity contribution in [2.45, 2.75) is 38.3 Å². The molecule has 0 aromatic carbocycles. The number of carbonyl (C=O) groups is 2. The molecule has 72 valence electrons. The summed E-state index contributed by atoms with van der Waals surface area (Å²) in [5.41, 5.74) is -0.507. The number of rotatable bonds is 0. The predicted molar refractivity (Wildman–Crippen MR) is 45.3 cm³/mol. The van der Waals surface area contributed by atoms with Gasteiger partial charge in [-0.05, 0) is 13.8 Å². The number of ketones is 1. The third-order valence-corrected chi connectivity index (χ3v) is 2.82. The fourth-order valence-electron chi connectivity index (χ4n) is 2.02. The van der Waals surface area contributed by atoms with Crippen LogP contribution in [0.25, 0.3) is 0 Å². The highest BCUT2D eigenvalue weighted by molar-refractivity contribution is 5.83. The largest absolute Gasteiger partial charge is 0.441 e. The van der Waals surface area contributed by atoms with Crippen LogP contribution in [0.4, 0.5) is 4.79 Å². The van der Waals surface area contributed by atoms with Crippen molar-refractivity contribution in [1.29, 1.82) is 0 Å². The molecule has 2 aliphatic rings. The van der Waals surface area contributed by atoms with Gasteiger partial charge >= 0.3 is 6.09 Å². The van der Waals surface area contributed by atoms with Gasteiger partial charge in [0, 0.05) is 19.4 Å². The lowest BCUT2D eigenvalue weighted by atomic mass is 9.90. The van der Waals surface area contributed by atoms with Crippen LogP contribution in [-0.4, -0.2) is 35.0 Å². The molecule has 0 aliphatic carbocycles. The minimum atomic E-state index is -0.507. The van der Waals surface area contributed by atoms with E-state index in [9.17, 15) is 9.59 Å². The molecule has 1 amide bonds. The van der Waals surface area contributed by atoms with E-state index in [2.05, 4.69) is 0 Å². The summed E-state index contributed by atoms with van der Waals surface area (Å²) in [6.07, 6.45) is 0.642. The number of carbonyl (C=O) groups excluding carboxylic acids is 2. The molecule has 0 spiro atoms. The first-order valence-corrected chi connectivity index (χ1v) is 4.52. The van der Waals surface area contributed by atoms with Crippen molar-refractivity contribution in [3.05, 3.63) is 0 Å². The predicted octanol–water partition coefficient (Wildman–Crippen LogP) is 0.949. The van der Waals surface area contributed by atoms with Crippen molar-refractivity contribution in [3.8, 4) is 0 Å². The Labute approximate surface area is 76.8 Å². The summed E-state index contributed by atoms with van der Waals surface area (Å²) in [4.78, 5) is 24.2. The van der Waals surface area contributed by atoms with Crippen LogP contribution in [-0.2, 0) is 9.53 Å². The maximum Gasteiger partial charge on any atom is 0.410 e. The van der Waals surface area contributed by atoms with Crippen LogP contribution in [0.3, 0.4) is 0 Å². The van der Waals surface area contributed by atoms with Gasteiger partial charge in [0.25, 0.3) is 0 Å². The van der Waals surface area contributed by atoms with E-state index in [-0.39, 0.29) is 17.9 Å². The average Bonchev–Trinajstić information content (AvgIpc) is 2.23. The molecule has 0 unspecified atom stereocenters. The van der Waals surface area contributed by atoms with Gasteiger partial charge in [-0.3, -0.25) is 4.79 Å². The molecule has 13 heavy (non-hydrogen) atoms. The van der Waals surface area contributed by atoms with Crippen molar-refractivity contribution in [1.82, 2.24) is 4.90 Å². The van der Waals surface area contributed by atoms with E-state index >= 15 is 0 Å². The zero-order valence-corrected chi connectivity index (χ0v) is 7.87. The molecular formula is C9H13NO3. The zero-order valence-electron chi connectivity index (χ0n) is 7.87. The lowest BCUT2D eigenvalue weighted by molar-refractivity contribution is -0.123. The summed E-state index contributed by atoms with van der Waals surface area (Å²) in [6.45, 7) is 4.23. The fourth-order valence-corrected chi connectivity index (χ4v) is 2.02. The lowest BCUT2D eigenvalue weighted by Crippen LogP contribution is -2.47. The Bertz CT molecular complexity index is 272. The maximum absolute atomic E-state index is 11.3. The fraction of sp³-hybridized carbons (Fsp3) is 0.778. The summed E-state index contributed by atoms with van der Waals surface area (Å²) in [5.74, 6) is 0.229. The van der Waals surface area contributed by atoms with E-state index < -0.39 is 5.60 Å². The highest BCUT2D eigenvalue weighted by atomic mass is 16.6. The normalized spacial score (nSPS) is 31.5. The third-order valence-electron chi connectivity index (χ3n) is 2.82. The third kappa shape index (κ3) is 1.20. The van der Waals surface area contributed by atoms with Gasteiger partial charge in [-0.1, -0.05) is 0 Å². The van der Waals surface area contributed by atoms with Gasteiger partial charge in [0.2, 0.25) is 0 Å². The summed E-state index contributed by atoms with van der Waals surface area (Å²) >= 11 is 0. The average molecular weight is 183 g/mol. The minimum absolute atomic E-state index is 0.0544. The lowest BCUT2D eigenvalue weighted by Gasteiger charge is -2.31. The Hall–Kier alpha value is -1.06. The molecule has 0 aromatic rings. The maximum atomic E-state index is 11.3. The van der Waals surface area contributed by atoms with Gasteiger partial charge in [-0.25, -0.2) is 4.79 Å². The molecule has 0 aromatic heterocycles. The first-order valence-electron chi connectivity index (χ1n) is 4.52. The second-order valence-electron chi connectivity index (χ2n) is 4.17. The van der Waals surface area contributed by atoms with Gasteiger partial charge in [0.05, 0.1) is 6.04 Å². The number of cyclic esters (lactones) is 1. The molecule has 0 radical (unpaired) electrons. The number of Topliss-reactive ketones (excluding diaryl/α,β-unsaturated/α-hetero) is 1. The van der Waals surface area contributed by atoms with E-state index in [1.807, 2.05) is 13.8 Å². The van der Waals surface area contributed by atoms with Crippen LogP contribution in [0.15, 0.2) is 0 Å². The molecule has 4 nitrogen and oxygen atoms in total. The van der Waals surface area contributed by atoms with Crippen molar-refractivity contribution in [2.75, 3.05) is 6.54 Å². The van der Waals surface area contributed by atoms with Crippen molar-refractivity contribution >= 4 is 11.9 Å². The van der Waals surface area contributed by atoms with Gasteiger partial charge in [-0.15, -0.1) is 0 Å². The second-order valence-corrected chi connectivity index (χ2v) is 4.17. The highest BCUT2D eigenvalue weighted by Crippen LogP contribution is 2.34. The van der Waals surface area contributed by atoms with Crippen LogP contribution in [0.5, 0.6) is 0 Å². The molecule has 2 saturated heterocycles. The Balaban J connectivity index is 2.25. The molecule has 2 heterocycles. The molecule has 2 aliphatic heterocycles. The molecular weight excluding hydrogens is 170 g/mol. The smallest absolute Gasteiger partial charge is 0.410 e. The second kappa shape index (κ2) is 2.47. The standard InChI is InChI=1S/C9H13NO3/c1-9(2)7-5-6(11)3-4-10(7)8(12)13-9/h7H,3-5H2,1-2H3/t7-/m1/s1. The Morgan fingerprint density at radius 2 is 2.15 bits per heavy atom. The number of hydrogen-bond donors (Lipinski definition) is 0. The van der Waals surface area contributed by atoms with Crippen LogP contribution < -0.4 is 0 Å². The van der Waals surface area contributed by atoms with Crippen LogP contribution in [0, 0.1) is 0 Å². The van der Waals surface area contributed by atoms with Crippen molar-refractivity contribution in [3.63, 3.8) is 0 Å². The molecule has 0 saturated carbocycles. The monoisotopic (exact) mass is 183 g/mol. The van der Waals surface area contributed by atoms with E-state index in [0.29, 0.717) is 19.4 Å². The van der Waals surface area contributed by atoms with Crippen molar-refractivity contribution in [2.24, 2.45) is 0 Å². The summed E-state index contributed by atoms with van der Waals surface area (Å²) in [7, 11) is 0. The van der Waals surface area contributed by atoms with Gasteiger partial charge in [0.15, 0.2) is 0 Å². The molecule has 0 bridgehead atoms. The minimum Gasteiger partial charge on any atom is -0.441 e. The molecule has 4 heteroatoms. The SMILES string of the molecule is CC1(C)OC(=O)N2CCC(=O)C[C@@H]21. The van der Waals surface area contributed by atoms with E-state index in [0.717, 1.165) is 0 Å².